The summed E-state index contributed by atoms with van der Waals surface area (Å²) in [6.45, 7) is 3.33. The van der Waals surface area contributed by atoms with Crippen LogP contribution in [0.3, 0.4) is 0 Å². The van der Waals surface area contributed by atoms with Gasteiger partial charge in [0.25, 0.3) is 0 Å². The van der Waals surface area contributed by atoms with E-state index in [4.69, 9.17) is 16.3 Å². The third-order valence-corrected chi connectivity index (χ3v) is 4.61. The molecule has 0 spiro atoms. The molecule has 1 aliphatic rings. The highest BCUT2D eigenvalue weighted by atomic mass is 35.5. The van der Waals surface area contributed by atoms with Gasteiger partial charge in [-0.1, -0.05) is 29.8 Å². The normalized spacial score (nSPS) is 14.6. The van der Waals surface area contributed by atoms with E-state index in [1.54, 1.807) is 7.11 Å². The molecule has 116 valence electrons. The molecule has 3 rings (SSSR count). The zero-order valence-electron chi connectivity index (χ0n) is 13.0. The molecular formula is C19H22ClNO. The quantitative estimate of drug-likeness (QED) is 0.814. The van der Waals surface area contributed by atoms with Crippen molar-refractivity contribution in [2.24, 2.45) is 0 Å². The second-order valence-electron chi connectivity index (χ2n) is 5.89. The van der Waals surface area contributed by atoms with E-state index in [1.165, 1.54) is 23.1 Å². The standard InChI is InChI=1S/C19H22ClNO/c1-22-19-9-6-16-10-12-21(14-17(16)13-19)11-2-3-15-4-7-18(20)8-5-15/h4-9,13H,2-3,10-12,14H2,1H3. The lowest BCUT2D eigenvalue weighted by molar-refractivity contribution is 0.250. The predicted molar refractivity (Wildman–Crippen MR) is 91.7 cm³/mol. The topological polar surface area (TPSA) is 12.5 Å². The molecule has 0 aliphatic carbocycles. The second-order valence-corrected chi connectivity index (χ2v) is 6.33. The Balaban J connectivity index is 1.52. The first-order valence-electron chi connectivity index (χ1n) is 7.87. The van der Waals surface area contributed by atoms with E-state index >= 15 is 0 Å². The zero-order chi connectivity index (χ0) is 15.4. The predicted octanol–water partition coefficient (Wildman–Crippen LogP) is 4.34. The first kappa shape index (κ1) is 15.4. The van der Waals surface area contributed by atoms with Crippen molar-refractivity contribution >= 4 is 11.6 Å². The summed E-state index contributed by atoms with van der Waals surface area (Å²) in [6.07, 6.45) is 3.43. The van der Waals surface area contributed by atoms with Crippen LogP contribution in [0, 0.1) is 0 Å². The Bertz CT molecular complexity index is 624. The molecule has 0 amide bonds. The van der Waals surface area contributed by atoms with Crippen LogP contribution >= 0.6 is 11.6 Å². The van der Waals surface area contributed by atoms with Gasteiger partial charge in [-0.15, -0.1) is 0 Å². The fourth-order valence-corrected chi connectivity index (χ4v) is 3.19. The number of benzene rings is 2. The van der Waals surface area contributed by atoms with E-state index in [-0.39, 0.29) is 0 Å². The van der Waals surface area contributed by atoms with Crippen LogP contribution in [0.15, 0.2) is 42.5 Å². The lowest BCUT2D eigenvalue weighted by Gasteiger charge is -2.29. The van der Waals surface area contributed by atoms with Crippen LogP contribution in [0.25, 0.3) is 0 Å². The summed E-state index contributed by atoms with van der Waals surface area (Å²) in [5.41, 5.74) is 4.25. The molecular weight excluding hydrogens is 294 g/mol. The molecule has 0 aromatic heterocycles. The van der Waals surface area contributed by atoms with Crippen molar-refractivity contribution in [3.63, 3.8) is 0 Å². The summed E-state index contributed by atoms with van der Waals surface area (Å²) in [5.74, 6) is 0.960. The number of aryl methyl sites for hydroxylation is 1. The third-order valence-electron chi connectivity index (χ3n) is 4.36. The monoisotopic (exact) mass is 315 g/mol. The molecule has 0 saturated heterocycles. The molecule has 3 heteroatoms. The number of ether oxygens (including phenoxy) is 1. The van der Waals surface area contributed by atoms with Crippen molar-refractivity contribution in [2.45, 2.75) is 25.8 Å². The largest absolute Gasteiger partial charge is 0.497 e. The molecule has 2 nitrogen and oxygen atoms in total. The van der Waals surface area contributed by atoms with E-state index in [0.29, 0.717) is 0 Å². The Labute approximate surface area is 137 Å². The summed E-state index contributed by atoms with van der Waals surface area (Å²) >= 11 is 5.92. The van der Waals surface area contributed by atoms with Crippen molar-refractivity contribution in [1.82, 2.24) is 4.90 Å². The Morgan fingerprint density at radius 2 is 1.91 bits per heavy atom. The Kier molecular flexibility index (Phi) is 5.01. The van der Waals surface area contributed by atoms with Crippen LogP contribution in [-0.2, 0) is 19.4 Å². The molecule has 0 atom stereocenters. The molecule has 0 fully saturated rings. The Hall–Kier alpha value is -1.51. The summed E-state index contributed by atoms with van der Waals surface area (Å²) in [6, 6.07) is 14.6. The second kappa shape index (κ2) is 7.17. The van der Waals surface area contributed by atoms with Crippen LogP contribution in [0.2, 0.25) is 5.02 Å². The highest BCUT2D eigenvalue weighted by Gasteiger charge is 2.16. The molecule has 0 unspecified atom stereocenters. The van der Waals surface area contributed by atoms with Gasteiger partial charge in [0.2, 0.25) is 0 Å². The summed E-state index contributed by atoms with van der Waals surface area (Å²) in [4.78, 5) is 2.54. The van der Waals surface area contributed by atoms with Crippen molar-refractivity contribution in [3.8, 4) is 5.75 Å². The van der Waals surface area contributed by atoms with Crippen molar-refractivity contribution in [1.29, 1.82) is 0 Å². The van der Waals surface area contributed by atoms with Gasteiger partial charge in [-0.05, 0) is 66.8 Å². The average molecular weight is 316 g/mol. The van der Waals surface area contributed by atoms with Crippen LogP contribution in [-0.4, -0.2) is 25.1 Å². The lowest BCUT2D eigenvalue weighted by Crippen LogP contribution is -2.31. The van der Waals surface area contributed by atoms with Crippen molar-refractivity contribution < 1.29 is 4.74 Å². The highest BCUT2D eigenvalue weighted by molar-refractivity contribution is 6.30. The Morgan fingerprint density at radius 3 is 2.68 bits per heavy atom. The number of fused-ring (bicyclic) bond motifs is 1. The molecule has 22 heavy (non-hydrogen) atoms. The van der Waals surface area contributed by atoms with Gasteiger partial charge in [0, 0.05) is 18.1 Å². The fourth-order valence-electron chi connectivity index (χ4n) is 3.07. The summed E-state index contributed by atoms with van der Waals surface area (Å²) < 4.78 is 5.33. The van der Waals surface area contributed by atoms with Crippen LogP contribution in [0.4, 0.5) is 0 Å². The van der Waals surface area contributed by atoms with Gasteiger partial charge in [0.15, 0.2) is 0 Å². The number of rotatable bonds is 5. The molecule has 0 N–H and O–H groups in total. The first-order chi connectivity index (χ1) is 10.7. The van der Waals surface area contributed by atoms with Crippen LogP contribution in [0.5, 0.6) is 5.75 Å². The maximum Gasteiger partial charge on any atom is 0.119 e. The minimum absolute atomic E-state index is 0.810. The SMILES string of the molecule is COc1ccc2c(c1)CN(CCCc1ccc(Cl)cc1)CC2. The van der Waals surface area contributed by atoms with Gasteiger partial charge in [0.1, 0.15) is 5.75 Å². The lowest BCUT2D eigenvalue weighted by atomic mass is 9.99. The molecule has 1 heterocycles. The molecule has 1 aliphatic heterocycles. The van der Waals surface area contributed by atoms with E-state index in [0.717, 1.165) is 43.2 Å². The molecule has 2 aromatic carbocycles. The summed E-state index contributed by atoms with van der Waals surface area (Å²) in [7, 11) is 1.73. The zero-order valence-corrected chi connectivity index (χ0v) is 13.8. The highest BCUT2D eigenvalue weighted by Crippen LogP contribution is 2.24. The van der Waals surface area contributed by atoms with Crippen molar-refractivity contribution in [2.75, 3.05) is 20.2 Å². The number of halogens is 1. The number of hydrogen-bond donors (Lipinski definition) is 0. The molecule has 0 radical (unpaired) electrons. The van der Waals surface area contributed by atoms with E-state index in [2.05, 4.69) is 35.2 Å². The Morgan fingerprint density at radius 1 is 1.09 bits per heavy atom. The van der Waals surface area contributed by atoms with Gasteiger partial charge in [-0.25, -0.2) is 0 Å². The van der Waals surface area contributed by atoms with Gasteiger partial charge < -0.3 is 4.74 Å². The van der Waals surface area contributed by atoms with Crippen LogP contribution in [0.1, 0.15) is 23.1 Å². The third kappa shape index (κ3) is 3.82. The minimum atomic E-state index is 0.810. The average Bonchev–Trinajstić information content (AvgIpc) is 2.56. The maximum atomic E-state index is 5.92. The van der Waals surface area contributed by atoms with Crippen molar-refractivity contribution in [3.05, 3.63) is 64.2 Å². The van der Waals surface area contributed by atoms with Crippen LogP contribution < -0.4 is 4.74 Å². The number of nitrogens with zero attached hydrogens (tertiary/aromatic N) is 1. The van der Waals surface area contributed by atoms with E-state index < -0.39 is 0 Å². The molecule has 0 saturated carbocycles. The van der Waals surface area contributed by atoms with Gasteiger partial charge in [-0.2, -0.15) is 0 Å². The first-order valence-corrected chi connectivity index (χ1v) is 8.25. The number of methoxy groups -OCH3 is 1. The minimum Gasteiger partial charge on any atom is -0.497 e. The van der Waals surface area contributed by atoms with Gasteiger partial charge in [0.05, 0.1) is 7.11 Å². The molecule has 2 aromatic rings. The summed E-state index contributed by atoms with van der Waals surface area (Å²) in [5, 5.41) is 0.810. The van der Waals surface area contributed by atoms with Gasteiger partial charge >= 0.3 is 0 Å². The number of hydrogen-bond acceptors (Lipinski definition) is 2. The smallest absolute Gasteiger partial charge is 0.119 e. The molecule has 0 bridgehead atoms. The van der Waals surface area contributed by atoms with E-state index in [1.807, 2.05) is 12.1 Å². The fraction of sp³-hybridized carbons (Fsp3) is 0.368. The maximum absolute atomic E-state index is 5.92. The van der Waals surface area contributed by atoms with E-state index in [9.17, 15) is 0 Å². The van der Waals surface area contributed by atoms with Gasteiger partial charge in [-0.3, -0.25) is 4.90 Å².